The Labute approximate surface area is 308 Å². The maximum atomic E-state index is 13.5. The molecule has 1 aromatic heterocycles. The van der Waals surface area contributed by atoms with Crippen molar-refractivity contribution in [3.63, 3.8) is 0 Å². The molecular formula is C40H33BrN4O3S2. The van der Waals surface area contributed by atoms with Crippen molar-refractivity contribution < 1.29 is 14.4 Å². The SMILES string of the molecule is CC(Sc1cccc(NC(=O)/C(=C/c2ccc(Br)cc2)NC(=O)c2ccccc2)c1)C(=O)Nc1sc2c(c1C#N)CCC(c1ccccc1)C2. The number of halogens is 1. The molecule has 6 rings (SSSR count). The third-order valence-corrected chi connectivity index (χ3v) is 11.2. The average Bonchev–Trinajstić information content (AvgIpc) is 3.49. The van der Waals surface area contributed by atoms with Gasteiger partial charge in [-0.1, -0.05) is 82.7 Å². The summed E-state index contributed by atoms with van der Waals surface area (Å²) in [7, 11) is 0. The van der Waals surface area contributed by atoms with Gasteiger partial charge < -0.3 is 16.0 Å². The Morgan fingerprint density at radius 3 is 2.38 bits per heavy atom. The second-order valence-corrected chi connectivity index (χ2v) is 15.3. The summed E-state index contributed by atoms with van der Waals surface area (Å²) >= 11 is 6.28. The Kier molecular flexibility index (Phi) is 11.3. The zero-order valence-corrected chi connectivity index (χ0v) is 30.3. The fraction of sp³-hybridized carbons (Fsp3) is 0.150. The smallest absolute Gasteiger partial charge is 0.272 e. The molecule has 0 aliphatic heterocycles. The quantitative estimate of drug-likeness (QED) is 0.0972. The Hall–Kier alpha value is -4.95. The number of carbonyl (C=O) groups is 3. The van der Waals surface area contributed by atoms with Gasteiger partial charge in [-0.2, -0.15) is 5.26 Å². The first-order valence-corrected chi connectivity index (χ1v) is 18.6. The van der Waals surface area contributed by atoms with E-state index in [1.807, 2.05) is 49.4 Å². The van der Waals surface area contributed by atoms with Crippen LogP contribution in [0.4, 0.5) is 10.7 Å². The number of amides is 3. The molecule has 7 nitrogen and oxygen atoms in total. The maximum absolute atomic E-state index is 13.5. The molecule has 4 aromatic carbocycles. The van der Waals surface area contributed by atoms with Crippen LogP contribution in [0.2, 0.25) is 0 Å². The van der Waals surface area contributed by atoms with Crippen LogP contribution in [0.25, 0.3) is 6.08 Å². The van der Waals surface area contributed by atoms with Gasteiger partial charge in [0.25, 0.3) is 11.8 Å². The first-order valence-electron chi connectivity index (χ1n) is 16.1. The van der Waals surface area contributed by atoms with Gasteiger partial charge >= 0.3 is 0 Å². The Morgan fingerprint density at radius 2 is 1.66 bits per heavy atom. The topological polar surface area (TPSA) is 111 Å². The number of rotatable bonds is 10. The van der Waals surface area contributed by atoms with Crippen molar-refractivity contribution >= 4 is 73.5 Å². The van der Waals surface area contributed by atoms with Crippen LogP contribution in [0.5, 0.6) is 0 Å². The third kappa shape index (κ3) is 8.61. The predicted molar refractivity (Wildman–Crippen MR) is 205 cm³/mol. The molecule has 1 aliphatic rings. The highest BCUT2D eigenvalue weighted by atomic mass is 79.9. The molecule has 1 heterocycles. The highest BCUT2D eigenvalue weighted by molar-refractivity contribution is 9.10. The fourth-order valence-corrected chi connectivity index (χ4v) is 8.26. The van der Waals surface area contributed by atoms with Crippen LogP contribution in [0.3, 0.4) is 0 Å². The number of hydrogen-bond donors (Lipinski definition) is 3. The van der Waals surface area contributed by atoms with Crippen LogP contribution in [-0.2, 0) is 22.4 Å². The van der Waals surface area contributed by atoms with E-state index < -0.39 is 17.1 Å². The van der Waals surface area contributed by atoms with Gasteiger partial charge in [0.05, 0.1) is 10.8 Å². The van der Waals surface area contributed by atoms with Crippen LogP contribution < -0.4 is 16.0 Å². The summed E-state index contributed by atoms with van der Waals surface area (Å²) in [5.74, 6) is -0.713. The van der Waals surface area contributed by atoms with Crippen molar-refractivity contribution in [3.8, 4) is 6.07 Å². The van der Waals surface area contributed by atoms with Crippen molar-refractivity contribution in [3.05, 3.63) is 152 Å². The van der Waals surface area contributed by atoms with E-state index in [1.165, 1.54) is 28.7 Å². The molecule has 0 fully saturated rings. The monoisotopic (exact) mass is 760 g/mol. The maximum Gasteiger partial charge on any atom is 0.272 e. The van der Waals surface area contributed by atoms with Gasteiger partial charge in [0.15, 0.2) is 0 Å². The summed E-state index contributed by atoms with van der Waals surface area (Å²) in [6.45, 7) is 1.81. The molecule has 0 saturated carbocycles. The molecule has 3 N–H and O–H groups in total. The van der Waals surface area contributed by atoms with Gasteiger partial charge in [-0.05, 0) is 97.3 Å². The summed E-state index contributed by atoms with van der Waals surface area (Å²) in [5.41, 5.74) is 4.66. The Bertz CT molecular complexity index is 2090. The van der Waals surface area contributed by atoms with E-state index in [0.717, 1.165) is 44.6 Å². The molecular weight excluding hydrogens is 729 g/mol. The van der Waals surface area contributed by atoms with E-state index in [-0.39, 0.29) is 11.6 Å². The van der Waals surface area contributed by atoms with E-state index in [1.54, 1.807) is 48.5 Å². The van der Waals surface area contributed by atoms with Crippen molar-refractivity contribution in [1.29, 1.82) is 5.26 Å². The van der Waals surface area contributed by atoms with Gasteiger partial charge in [-0.25, -0.2) is 0 Å². The molecule has 3 amide bonds. The molecule has 0 spiro atoms. The number of fused-ring (bicyclic) bond motifs is 1. The molecule has 0 saturated heterocycles. The number of carbonyl (C=O) groups excluding carboxylic acids is 3. The van der Waals surface area contributed by atoms with Crippen LogP contribution >= 0.6 is 39.0 Å². The zero-order valence-electron chi connectivity index (χ0n) is 27.1. The van der Waals surface area contributed by atoms with Crippen LogP contribution in [0.15, 0.2) is 124 Å². The summed E-state index contributed by atoms with van der Waals surface area (Å²) in [4.78, 5) is 41.9. The lowest BCUT2D eigenvalue weighted by molar-refractivity contribution is -0.115. The number of hydrogen-bond acceptors (Lipinski definition) is 6. The third-order valence-electron chi connectivity index (χ3n) is 8.37. The minimum Gasteiger partial charge on any atom is -0.321 e. The second-order valence-electron chi connectivity index (χ2n) is 11.8. The summed E-state index contributed by atoms with van der Waals surface area (Å²) in [6.07, 6.45) is 4.25. The van der Waals surface area contributed by atoms with Crippen molar-refractivity contribution in [2.24, 2.45) is 0 Å². The molecule has 0 radical (unpaired) electrons. The van der Waals surface area contributed by atoms with Crippen molar-refractivity contribution in [2.75, 3.05) is 10.6 Å². The molecule has 10 heteroatoms. The summed E-state index contributed by atoms with van der Waals surface area (Å²) < 4.78 is 0.892. The minimum atomic E-state index is -0.495. The normalized spacial score (nSPS) is 14.5. The first-order chi connectivity index (χ1) is 24.3. The van der Waals surface area contributed by atoms with Gasteiger partial charge in [-0.3, -0.25) is 14.4 Å². The Morgan fingerprint density at radius 1 is 0.940 bits per heavy atom. The van der Waals surface area contributed by atoms with Gasteiger partial charge in [-0.15, -0.1) is 23.1 Å². The highest BCUT2D eigenvalue weighted by Gasteiger charge is 2.28. The number of anilines is 2. The molecule has 0 bridgehead atoms. The van der Waals surface area contributed by atoms with Crippen LogP contribution in [0.1, 0.15) is 56.8 Å². The van der Waals surface area contributed by atoms with Crippen molar-refractivity contribution in [2.45, 2.75) is 42.2 Å². The van der Waals surface area contributed by atoms with E-state index in [9.17, 15) is 19.6 Å². The predicted octanol–water partition coefficient (Wildman–Crippen LogP) is 9.18. The lowest BCUT2D eigenvalue weighted by Crippen LogP contribution is -2.30. The standard InChI is InChI=1S/C40H33BrN4O3S2/c1-25(37(46)45-40-34(24-42)33-20-17-29(22-36(33)50-40)27-9-4-2-5-10-27)49-32-14-8-13-31(23-32)43-39(48)35(21-26-15-18-30(41)19-16-26)44-38(47)28-11-6-3-7-12-28/h2-16,18-19,21,23,25,29H,17,20,22H2,1H3,(H,43,48)(H,44,47)(H,45,46)/b35-21-. The average molecular weight is 762 g/mol. The van der Waals surface area contributed by atoms with Gasteiger partial charge in [0, 0.05) is 25.5 Å². The Balaban J connectivity index is 1.12. The van der Waals surface area contributed by atoms with E-state index in [4.69, 9.17) is 0 Å². The zero-order chi connectivity index (χ0) is 35.0. The molecule has 2 unspecified atom stereocenters. The van der Waals surface area contributed by atoms with E-state index in [2.05, 4.69) is 62.2 Å². The number of benzene rings is 4. The molecule has 1 aliphatic carbocycles. The lowest BCUT2D eigenvalue weighted by atomic mass is 9.83. The van der Waals surface area contributed by atoms with E-state index >= 15 is 0 Å². The summed E-state index contributed by atoms with van der Waals surface area (Å²) in [5, 5.41) is 18.8. The lowest BCUT2D eigenvalue weighted by Gasteiger charge is -2.22. The fourth-order valence-electron chi connectivity index (χ4n) is 5.79. The number of thiophene rings is 1. The number of nitrogens with zero attached hydrogens (tertiary/aromatic N) is 1. The molecule has 5 aromatic rings. The molecule has 2 atom stereocenters. The number of nitrogens with one attached hydrogen (secondary N) is 3. The van der Waals surface area contributed by atoms with Crippen LogP contribution in [0, 0.1) is 11.3 Å². The molecule has 250 valence electrons. The first kappa shape index (κ1) is 34.9. The van der Waals surface area contributed by atoms with Gasteiger partial charge in [0.1, 0.15) is 16.8 Å². The van der Waals surface area contributed by atoms with E-state index in [0.29, 0.717) is 27.7 Å². The number of thioether (sulfide) groups is 1. The molecule has 50 heavy (non-hydrogen) atoms. The number of nitriles is 1. The largest absolute Gasteiger partial charge is 0.321 e. The second kappa shape index (κ2) is 16.2. The van der Waals surface area contributed by atoms with Gasteiger partial charge in [0.2, 0.25) is 5.91 Å². The minimum absolute atomic E-state index is 0.0778. The van der Waals surface area contributed by atoms with Crippen LogP contribution in [-0.4, -0.2) is 23.0 Å². The summed E-state index contributed by atoms with van der Waals surface area (Å²) in [6, 6.07) is 36.1. The highest BCUT2D eigenvalue weighted by Crippen LogP contribution is 2.42. The van der Waals surface area contributed by atoms with Crippen molar-refractivity contribution in [1.82, 2.24) is 5.32 Å².